The number of aryl methyl sites for hydroxylation is 2. The molecule has 0 saturated carbocycles. The number of hydrogen-bond acceptors (Lipinski definition) is 6. The van der Waals surface area contributed by atoms with Gasteiger partial charge in [0, 0.05) is 51.1 Å². The van der Waals surface area contributed by atoms with Crippen molar-refractivity contribution < 1.29 is 4.79 Å². The van der Waals surface area contributed by atoms with Crippen LogP contribution in [0.4, 0.5) is 5.82 Å². The first kappa shape index (κ1) is 16.4. The number of hydrogen-bond donors (Lipinski definition) is 1. The SMILES string of the molecule is Cc1nn(C)c2nc(-c3cccnc3)nc(NCCN3CCCC3=O)c12. The third-order valence-electron chi connectivity index (χ3n) is 4.62. The highest BCUT2D eigenvalue weighted by Gasteiger charge is 2.20. The van der Waals surface area contributed by atoms with Crippen molar-refractivity contribution in [3.8, 4) is 11.4 Å². The Morgan fingerprint density at radius 1 is 1.31 bits per heavy atom. The molecule has 8 heteroatoms. The molecule has 4 heterocycles. The Morgan fingerprint density at radius 3 is 2.92 bits per heavy atom. The van der Waals surface area contributed by atoms with E-state index in [2.05, 4.69) is 20.4 Å². The molecule has 1 saturated heterocycles. The summed E-state index contributed by atoms with van der Waals surface area (Å²) in [4.78, 5) is 27.2. The highest BCUT2D eigenvalue weighted by atomic mass is 16.2. The number of aromatic nitrogens is 5. The Bertz CT molecular complexity index is 951. The van der Waals surface area contributed by atoms with Crippen LogP contribution in [0, 0.1) is 6.92 Å². The molecule has 1 aliphatic rings. The molecule has 1 fully saturated rings. The summed E-state index contributed by atoms with van der Waals surface area (Å²) in [5, 5.41) is 8.77. The fourth-order valence-corrected chi connectivity index (χ4v) is 3.34. The predicted octanol–water partition coefficient (Wildman–Crippen LogP) is 1.77. The number of nitrogens with one attached hydrogen (secondary N) is 1. The Kier molecular flexibility index (Phi) is 4.24. The van der Waals surface area contributed by atoms with Crippen molar-refractivity contribution >= 4 is 22.8 Å². The molecule has 26 heavy (non-hydrogen) atoms. The lowest BCUT2D eigenvalue weighted by atomic mass is 10.2. The second-order valence-corrected chi connectivity index (χ2v) is 6.46. The average Bonchev–Trinajstić information content (AvgIpc) is 3.19. The summed E-state index contributed by atoms with van der Waals surface area (Å²) in [5.74, 6) is 1.58. The van der Waals surface area contributed by atoms with Crippen molar-refractivity contribution in [3.05, 3.63) is 30.2 Å². The third-order valence-corrected chi connectivity index (χ3v) is 4.62. The molecule has 3 aromatic heterocycles. The number of amides is 1. The summed E-state index contributed by atoms with van der Waals surface area (Å²) in [6.07, 6.45) is 5.08. The van der Waals surface area contributed by atoms with Crippen LogP contribution in [0.25, 0.3) is 22.4 Å². The normalized spacial score (nSPS) is 14.4. The van der Waals surface area contributed by atoms with E-state index in [1.165, 1.54) is 0 Å². The minimum absolute atomic E-state index is 0.230. The predicted molar refractivity (Wildman–Crippen MR) is 98.6 cm³/mol. The quantitative estimate of drug-likeness (QED) is 0.754. The molecule has 0 aromatic carbocycles. The average molecular weight is 351 g/mol. The molecule has 1 amide bonds. The van der Waals surface area contributed by atoms with Crippen LogP contribution in [-0.2, 0) is 11.8 Å². The molecule has 0 atom stereocenters. The molecule has 0 radical (unpaired) electrons. The van der Waals surface area contributed by atoms with E-state index in [4.69, 9.17) is 4.98 Å². The standard InChI is InChI=1S/C18H21N7O/c1-12-15-17(20-8-10-25-9-4-6-14(25)26)21-16(13-5-3-7-19-11-13)22-18(15)24(2)23-12/h3,5,7,11H,4,6,8-10H2,1-2H3,(H,20,21,22). The first-order valence-corrected chi connectivity index (χ1v) is 8.77. The minimum Gasteiger partial charge on any atom is -0.368 e. The molecule has 3 aromatic rings. The van der Waals surface area contributed by atoms with Gasteiger partial charge >= 0.3 is 0 Å². The number of likely N-dealkylation sites (tertiary alicyclic amines) is 1. The summed E-state index contributed by atoms with van der Waals surface area (Å²) < 4.78 is 1.77. The molecule has 0 aliphatic carbocycles. The van der Waals surface area contributed by atoms with E-state index in [1.54, 1.807) is 17.1 Å². The van der Waals surface area contributed by atoms with Gasteiger partial charge in [-0.15, -0.1) is 0 Å². The first-order chi connectivity index (χ1) is 12.6. The smallest absolute Gasteiger partial charge is 0.222 e. The summed E-state index contributed by atoms with van der Waals surface area (Å²) in [7, 11) is 1.88. The van der Waals surface area contributed by atoms with Crippen LogP contribution >= 0.6 is 0 Å². The minimum atomic E-state index is 0.230. The van der Waals surface area contributed by atoms with Gasteiger partial charge in [0.1, 0.15) is 5.82 Å². The molecule has 0 bridgehead atoms. The van der Waals surface area contributed by atoms with Gasteiger partial charge in [0.15, 0.2) is 11.5 Å². The molecule has 134 valence electrons. The number of fused-ring (bicyclic) bond motifs is 1. The van der Waals surface area contributed by atoms with Crippen molar-refractivity contribution in [1.82, 2.24) is 29.6 Å². The van der Waals surface area contributed by atoms with Gasteiger partial charge in [0.05, 0.1) is 11.1 Å². The molecule has 1 N–H and O–H groups in total. The summed E-state index contributed by atoms with van der Waals surface area (Å²) in [5.41, 5.74) is 2.50. The zero-order chi connectivity index (χ0) is 18.1. The number of carbonyl (C=O) groups excluding carboxylic acids is 1. The summed E-state index contributed by atoms with van der Waals surface area (Å²) in [6, 6.07) is 3.80. The van der Waals surface area contributed by atoms with Crippen LogP contribution in [0.15, 0.2) is 24.5 Å². The Morgan fingerprint density at radius 2 is 2.19 bits per heavy atom. The van der Waals surface area contributed by atoms with Crippen LogP contribution < -0.4 is 5.32 Å². The van der Waals surface area contributed by atoms with Gasteiger partial charge in [-0.05, 0) is 25.5 Å². The number of rotatable bonds is 5. The van der Waals surface area contributed by atoms with Crippen LogP contribution in [-0.4, -0.2) is 55.2 Å². The molecular weight excluding hydrogens is 330 g/mol. The lowest BCUT2D eigenvalue weighted by Crippen LogP contribution is -2.30. The highest BCUT2D eigenvalue weighted by molar-refractivity contribution is 5.90. The maximum atomic E-state index is 11.8. The molecule has 1 aliphatic heterocycles. The van der Waals surface area contributed by atoms with Gasteiger partial charge in [-0.25, -0.2) is 9.97 Å². The van der Waals surface area contributed by atoms with Crippen LogP contribution in [0.5, 0.6) is 0 Å². The second-order valence-electron chi connectivity index (χ2n) is 6.46. The Hall–Kier alpha value is -3.03. The zero-order valence-electron chi connectivity index (χ0n) is 14.9. The number of anilines is 1. The van der Waals surface area contributed by atoms with Crippen molar-refractivity contribution in [1.29, 1.82) is 0 Å². The molecule has 8 nitrogen and oxygen atoms in total. The number of pyridine rings is 1. The zero-order valence-corrected chi connectivity index (χ0v) is 14.9. The molecular formula is C18H21N7O. The van der Waals surface area contributed by atoms with E-state index in [1.807, 2.05) is 31.0 Å². The molecule has 0 unspecified atom stereocenters. The van der Waals surface area contributed by atoms with Crippen LogP contribution in [0.2, 0.25) is 0 Å². The summed E-state index contributed by atoms with van der Waals surface area (Å²) >= 11 is 0. The van der Waals surface area contributed by atoms with Crippen molar-refractivity contribution in [2.45, 2.75) is 19.8 Å². The number of carbonyl (C=O) groups is 1. The fourth-order valence-electron chi connectivity index (χ4n) is 3.34. The van der Waals surface area contributed by atoms with Gasteiger partial charge in [0.2, 0.25) is 5.91 Å². The number of nitrogens with zero attached hydrogens (tertiary/aromatic N) is 6. The van der Waals surface area contributed by atoms with Crippen LogP contribution in [0.1, 0.15) is 18.5 Å². The topological polar surface area (TPSA) is 88.8 Å². The van der Waals surface area contributed by atoms with Crippen molar-refractivity contribution in [2.75, 3.05) is 25.0 Å². The maximum Gasteiger partial charge on any atom is 0.222 e. The van der Waals surface area contributed by atoms with E-state index in [0.29, 0.717) is 25.3 Å². The van der Waals surface area contributed by atoms with Gasteiger partial charge in [-0.3, -0.25) is 14.5 Å². The van der Waals surface area contributed by atoms with E-state index >= 15 is 0 Å². The monoisotopic (exact) mass is 351 g/mol. The van der Waals surface area contributed by atoms with Crippen LogP contribution in [0.3, 0.4) is 0 Å². The second kappa shape index (κ2) is 6.70. The molecule has 0 spiro atoms. The lowest BCUT2D eigenvalue weighted by molar-refractivity contribution is -0.127. The van der Waals surface area contributed by atoms with E-state index in [9.17, 15) is 4.79 Å². The summed E-state index contributed by atoms with van der Waals surface area (Å²) in [6.45, 7) is 4.10. The van der Waals surface area contributed by atoms with E-state index in [0.717, 1.165) is 41.1 Å². The van der Waals surface area contributed by atoms with Gasteiger partial charge < -0.3 is 10.2 Å². The first-order valence-electron chi connectivity index (χ1n) is 8.77. The lowest BCUT2D eigenvalue weighted by Gasteiger charge is -2.16. The van der Waals surface area contributed by atoms with Gasteiger partial charge in [0.25, 0.3) is 0 Å². The third kappa shape index (κ3) is 2.98. The highest BCUT2D eigenvalue weighted by Crippen LogP contribution is 2.26. The van der Waals surface area contributed by atoms with Crippen molar-refractivity contribution in [2.24, 2.45) is 7.05 Å². The van der Waals surface area contributed by atoms with E-state index in [-0.39, 0.29) is 5.91 Å². The molecule has 4 rings (SSSR count). The fraction of sp³-hybridized carbons (Fsp3) is 0.389. The maximum absolute atomic E-state index is 11.8. The van der Waals surface area contributed by atoms with Gasteiger partial charge in [-0.2, -0.15) is 5.10 Å². The van der Waals surface area contributed by atoms with Crippen molar-refractivity contribution in [3.63, 3.8) is 0 Å². The largest absolute Gasteiger partial charge is 0.368 e. The van der Waals surface area contributed by atoms with E-state index < -0.39 is 0 Å². The Labute approximate surface area is 151 Å². The van der Waals surface area contributed by atoms with Gasteiger partial charge in [-0.1, -0.05) is 0 Å². The Balaban J connectivity index is 1.66.